The molecule has 0 saturated heterocycles. The van der Waals surface area contributed by atoms with Gasteiger partial charge in [-0.2, -0.15) is 0 Å². The molecule has 3 rings (SSSR count). The lowest BCUT2D eigenvalue weighted by Gasteiger charge is -2.08. The van der Waals surface area contributed by atoms with Gasteiger partial charge in [0.05, 0.1) is 12.8 Å². The fraction of sp³-hybridized carbons (Fsp3) is 0.600. The molecule has 0 atom stereocenters. The Balaban J connectivity index is 2.23. The smallest absolute Gasteiger partial charge is 0.333 e. The molecule has 0 bridgehead atoms. The second-order valence-corrected chi connectivity index (χ2v) is 5.95. The lowest BCUT2D eigenvalue weighted by atomic mass is 10.1. The quantitative estimate of drug-likeness (QED) is 0.494. The average Bonchev–Trinajstić information content (AvgIpc) is 3.20. The predicted molar refractivity (Wildman–Crippen MR) is 86.4 cm³/mol. The minimum atomic E-state index is -0.422. The molecular weight excluding hydrogens is 298 g/mol. The van der Waals surface area contributed by atoms with Gasteiger partial charge in [-0.3, -0.25) is 13.9 Å². The summed E-state index contributed by atoms with van der Waals surface area (Å²) in [5, 5.41) is 11.6. The van der Waals surface area contributed by atoms with Crippen LogP contribution in [-0.4, -0.2) is 30.5 Å². The number of fused-ring (bicyclic) bond motifs is 1. The van der Waals surface area contributed by atoms with E-state index >= 15 is 0 Å². The molecule has 1 fully saturated rings. The third-order valence-electron chi connectivity index (χ3n) is 4.41. The van der Waals surface area contributed by atoms with E-state index in [2.05, 4.69) is 15.1 Å². The van der Waals surface area contributed by atoms with Crippen LogP contribution in [-0.2, 0) is 13.1 Å². The highest BCUT2D eigenvalue weighted by molar-refractivity contribution is 5.71. The van der Waals surface area contributed by atoms with E-state index in [1.165, 1.54) is 15.3 Å². The summed E-state index contributed by atoms with van der Waals surface area (Å²) in [6.07, 6.45) is 6.30. The molecule has 8 nitrogen and oxygen atoms in total. The first-order valence-corrected chi connectivity index (χ1v) is 8.06. The van der Waals surface area contributed by atoms with Crippen molar-refractivity contribution in [2.75, 3.05) is 0 Å². The van der Waals surface area contributed by atoms with E-state index in [4.69, 9.17) is 5.21 Å². The normalized spacial score (nSPS) is 16.0. The molecule has 0 spiro atoms. The molecule has 2 aromatic heterocycles. The summed E-state index contributed by atoms with van der Waals surface area (Å²) in [4.78, 5) is 32.8. The van der Waals surface area contributed by atoms with Gasteiger partial charge in [0.2, 0.25) is 0 Å². The molecule has 0 aliphatic heterocycles. The minimum absolute atomic E-state index is 0.0742. The number of imidazole rings is 1. The van der Waals surface area contributed by atoms with Crippen LogP contribution in [0.1, 0.15) is 50.8 Å². The average molecular weight is 319 g/mol. The van der Waals surface area contributed by atoms with Crippen LogP contribution in [0.4, 0.5) is 0 Å². The summed E-state index contributed by atoms with van der Waals surface area (Å²) >= 11 is 0. The zero-order valence-electron chi connectivity index (χ0n) is 13.2. The second-order valence-electron chi connectivity index (χ2n) is 5.95. The molecule has 0 radical (unpaired) electrons. The molecule has 1 saturated carbocycles. The molecule has 2 N–H and O–H groups in total. The Hall–Kier alpha value is -2.38. The number of aromatic nitrogens is 4. The Labute approximate surface area is 132 Å². The van der Waals surface area contributed by atoms with Gasteiger partial charge in [0.25, 0.3) is 5.56 Å². The summed E-state index contributed by atoms with van der Waals surface area (Å²) in [6, 6.07) is 0. The van der Waals surface area contributed by atoms with Gasteiger partial charge in [0.1, 0.15) is 11.3 Å². The van der Waals surface area contributed by atoms with Crippen LogP contribution in [0.5, 0.6) is 0 Å². The van der Waals surface area contributed by atoms with E-state index in [0.29, 0.717) is 30.0 Å². The van der Waals surface area contributed by atoms with Gasteiger partial charge in [-0.05, 0) is 19.3 Å². The number of rotatable bonds is 5. The summed E-state index contributed by atoms with van der Waals surface area (Å²) in [7, 11) is 0. The second kappa shape index (κ2) is 6.39. The molecule has 124 valence electrons. The zero-order valence-corrected chi connectivity index (χ0v) is 13.2. The highest BCUT2D eigenvalue weighted by Crippen LogP contribution is 2.32. The molecule has 2 heterocycles. The van der Waals surface area contributed by atoms with E-state index in [1.807, 2.05) is 6.92 Å². The van der Waals surface area contributed by atoms with Crippen LogP contribution in [0, 0.1) is 0 Å². The Morgan fingerprint density at radius 3 is 2.74 bits per heavy atom. The highest BCUT2D eigenvalue weighted by atomic mass is 16.4. The maximum Gasteiger partial charge on any atom is 0.333 e. The van der Waals surface area contributed by atoms with Crippen LogP contribution in [0.3, 0.4) is 0 Å². The summed E-state index contributed by atoms with van der Waals surface area (Å²) in [6.45, 7) is 2.33. The first kappa shape index (κ1) is 15.5. The van der Waals surface area contributed by atoms with Crippen molar-refractivity contribution in [1.82, 2.24) is 19.1 Å². The Bertz CT molecular complexity index is 839. The molecule has 0 aromatic carbocycles. The summed E-state index contributed by atoms with van der Waals surface area (Å²) in [5.41, 5.74) is -0.0602. The van der Waals surface area contributed by atoms with Crippen LogP contribution < -0.4 is 11.2 Å². The fourth-order valence-electron chi connectivity index (χ4n) is 3.28. The van der Waals surface area contributed by atoms with Crippen LogP contribution in [0.25, 0.3) is 11.2 Å². The van der Waals surface area contributed by atoms with Crippen molar-refractivity contribution in [3.63, 3.8) is 0 Å². The van der Waals surface area contributed by atoms with Crippen LogP contribution >= 0.6 is 0 Å². The predicted octanol–water partition coefficient (Wildman–Crippen LogP) is 1.41. The molecule has 2 aromatic rings. The Kier molecular flexibility index (Phi) is 4.31. The number of oxime groups is 1. The van der Waals surface area contributed by atoms with E-state index in [1.54, 1.807) is 0 Å². The monoisotopic (exact) mass is 319 g/mol. The maximum absolute atomic E-state index is 12.6. The van der Waals surface area contributed by atoms with Crippen molar-refractivity contribution < 1.29 is 5.21 Å². The fourth-order valence-corrected chi connectivity index (χ4v) is 3.28. The Morgan fingerprint density at radius 1 is 1.35 bits per heavy atom. The standard InChI is InChI=1S/C15H21N5O3/c1-2-8-20-14(21)11-13(19(15(20)22)9-7-16-23)18-12(17-11)10-5-3-4-6-10/h7,10,23H,2-6,8-9H2,1H3,(H,17,18)/b16-7+. The van der Waals surface area contributed by atoms with E-state index in [0.717, 1.165) is 31.5 Å². The lowest BCUT2D eigenvalue weighted by Crippen LogP contribution is -2.40. The first-order chi connectivity index (χ1) is 11.2. The SMILES string of the molecule is CCCn1c(=O)c2[nH]c(C3CCCC3)nc2n(C/C=N/O)c1=O. The summed E-state index contributed by atoms with van der Waals surface area (Å²) < 4.78 is 2.59. The zero-order chi connectivity index (χ0) is 16.4. The lowest BCUT2D eigenvalue weighted by molar-refractivity contribution is 0.320. The molecule has 0 amide bonds. The van der Waals surface area contributed by atoms with Crippen molar-refractivity contribution in [3.05, 3.63) is 26.7 Å². The molecule has 23 heavy (non-hydrogen) atoms. The van der Waals surface area contributed by atoms with Crippen molar-refractivity contribution in [3.8, 4) is 0 Å². The van der Waals surface area contributed by atoms with Crippen molar-refractivity contribution in [1.29, 1.82) is 0 Å². The van der Waals surface area contributed by atoms with Crippen LogP contribution in [0.2, 0.25) is 0 Å². The number of nitrogens with one attached hydrogen (secondary N) is 1. The highest BCUT2D eigenvalue weighted by Gasteiger charge is 2.23. The maximum atomic E-state index is 12.6. The van der Waals surface area contributed by atoms with Gasteiger partial charge in [0.15, 0.2) is 5.65 Å². The van der Waals surface area contributed by atoms with Gasteiger partial charge >= 0.3 is 5.69 Å². The van der Waals surface area contributed by atoms with Crippen molar-refractivity contribution in [2.45, 2.75) is 58.0 Å². The van der Waals surface area contributed by atoms with Gasteiger partial charge < -0.3 is 10.2 Å². The van der Waals surface area contributed by atoms with Gasteiger partial charge in [0, 0.05) is 12.5 Å². The molecule has 1 aliphatic carbocycles. The largest absolute Gasteiger partial charge is 0.411 e. The topological polar surface area (TPSA) is 105 Å². The van der Waals surface area contributed by atoms with Crippen LogP contribution in [0.15, 0.2) is 14.7 Å². The Morgan fingerprint density at radius 2 is 2.09 bits per heavy atom. The molecule has 8 heteroatoms. The van der Waals surface area contributed by atoms with Crippen molar-refractivity contribution in [2.24, 2.45) is 5.16 Å². The number of H-pyrrole nitrogens is 1. The third-order valence-corrected chi connectivity index (χ3v) is 4.41. The van der Waals surface area contributed by atoms with Gasteiger partial charge in [-0.25, -0.2) is 9.78 Å². The van der Waals surface area contributed by atoms with E-state index in [-0.39, 0.29) is 12.1 Å². The third kappa shape index (κ3) is 2.69. The van der Waals surface area contributed by atoms with Crippen molar-refractivity contribution >= 4 is 17.4 Å². The van der Waals surface area contributed by atoms with Gasteiger partial charge in [-0.15, -0.1) is 5.16 Å². The number of aromatic amines is 1. The number of hydrogen-bond donors (Lipinski definition) is 2. The summed E-state index contributed by atoms with van der Waals surface area (Å²) in [5.74, 6) is 1.09. The minimum Gasteiger partial charge on any atom is -0.411 e. The molecule has 0 unspecified atom stereocenters. The number of hydrogen-bond acceptors (Lipinski definition) is 5. The van der Waals surface area contributed by atoms with E-state index in [9.17, 15) is 9.59 Å². The molecular formula is C15H21N5O3. The van der Waals surface area contributed by atoms with Gasteiger partial charge in [-0.1, -0.05) is 19.8 Å². The molecule has 1 aliphatic rings. The van der Waals surface area contributed by atoms with E-state index < -0.39 is 5.69 Å². The first-order valence-electron chi connectivity index (χ1n) is 8.06. The number of nitrogens with zero attached hydrogens (tertiary/aromatic N) is 4.